The van der Waals surface area contributed by atoms with Gasteiger partial charge in [0.2, 0.25) is 0 Å². The monoisotopic (exact) mass is 234 g/mol. The molecule has 0 heterocycles. The first-order chi connectivity index (χ1) is 7.98. The van der Waals surface area contributed by atoms with Gasteiger partial charge in [-0.2, -0.15) is 0 Å². The fourth-order valence-corrected chi connectivity index (χ4v) is 3.28. The van der Waals surface area contributed by atoms with Crippen LogP contribution in [0.2, 0.25) is 0 Å². The molecule has 0 aliphatic heterocycles. The summed E-state index contributed by atoms with van der Waals surface area (Å²) in [6, 6.07) is 7.80. The van der Waals surface area contributed by atoms with E-state index in [0.717, 1.165) is 6.42 Å². The Morgan fingerprint density at radius 3 is 1.94 bits per heavy atom. The first kappa shape index (κ1) is 14.1. The summed E-state index contributed by atoms with van der Waals surface area (Å²) in [5, 5.41) is 9.43. The second-order valence-electron chi connectivity index (χ2n) is 5.40. The van der Waals surface area contributed by atoms with E-state index in [9.17, 15) is 5.11 Å². The molecule has 0 spiro atoms. The van der Waals surface area contributed by atoms with E-state index in [2.05, 4.69) is 46.8 Å². The maximum atomic E-state index is 9.43. The molecular formula is C16H26O. The van der Waals surface area contributed by atoms with Crippen LogP contribution in [0.25, 0.3) is 0 Å². The minimum atomic E-state index is 0.225. The Balaban J connectivity index is 3.26. The Labute approximate surface area is 106 Å². The summed E-state index contributed by atoms with van der Waals surface area (Å²) >= 11 is 0. The predicted molar refractivity (Wildman–Crippen MR) is 74.4 cm³/mol. The van der Waals surface area contributed by atoms with Crippen LogP contribution in [0.15, 0.2) is 24.3 Å². The molecule has 0 saturated carbocycles. The van der Waals surface area contributed by atoms with Crippen molar-refractivity contribution in [1.82, 2.24) is 0 Å². The van der Waals surface area contributed by atoms with E-state index in [1.54, 1.807) is 0 Å². The van der Waals surface area contributed by atoms with Gasteiger partial charge >= 0.3 is 0 Å². The molecule has 1 aromatic rings. The lowest BCUT2D eigenvalue weighted by molar-refractivity contribution is 0.190. The summed E-state index contributed by atoms with van der Waals surface area (Å²) in [6.45, 7) is 11.5. The van der Waals surface area contributed by atoms with Gasteiger partial charge in [0.15, 0.2) is 0 Å². The zero-order valence-electron chi connectivity index (χ0n) is 11.8. The molecule has 96 valence electrons. The minimum absolute atomic E-state index is 0.225. The maximum absolute atomic E-state index is 9.43. The molecule has 1 aromatic carbocycles. The lowest BCUT2D eigenvalue weighted by Gasteiger charge is -2.43. The van der Waals surface area contributed by atoms with Crippen LogP contribution < -0.4 is 0 Å². The van der Waals surface area contributed by atoms with Crippen LogP contribution >= 0.6 is 0 Å². The predicted octanol–water partition coefficient (Wildman–Crippen LogP) is 4.74. The highest BCUT2D eigenvalue weighted by Crippen LogP contribution is 2.44. The van der Waals surface area contributed by atoms with Crippen LogP contribution in [0.5, 0.6) is 5.75 Å². The fourth-order valence-electron chi connectivity index (χ4n) is 3.28. The number of benzene rings is 1. The SMILES string of the molecule is CCC(C)C(CC)(c1ccc(O)cc1)C(C)C. The number of phenolic OH excluding ortho intramolecular Hbond substituents is 1. The molecule has 0 fully saturated rings. The molecule has 17 heavy (non-hydrogen) atoms. The van der Waals surface area contributed by atoms with Gasteiger partial charge in [0.25, 0.3) is 0 Å². The van der Waals surface area contributed by atoms with Crippen LogP contribution in [-0.4, -0.2) is 5.11 Å². The van der Waals surface area contributed by atoms with Crippen LogP contribution in [-0.2, 0) is 5.41 Å². The Bertz CT molecular complexity index is 339. The largest absolute Gasteiger partial charge is 0.508 e. The highest BCUT2D eigenvalue weighted by molar-refractivity contribution is 5.32. The lowest BCUT2D eigenvalue weighted by Crippen LogP contribution is -2.38. The van der Waals surface area contributed by atoms with Crippen molar-refractivity contribution < 1.29 is 5.11 Å². The summed E-state index contributed by atoms with van der Waals surface area (Å²) in [6.07, 6.45) is 2.33. The second-order valence-corrected chi connectivity index (χ2v) is 5.40. The van der Waals surface area contributed by atoms with Gasteiger partial charge in [-0.3, -0.25) is 0 Å². The van der Waals surface area contributed by atoms with E-state index in [1.807, 2.05) is 12.1 Å². The van der Waals surface area contributed by atoms with E-state index < -0.39 is 0 Å². The van der Waals surface area contributed by atoms with Crippen molar-refractivity contribution in [3.8, 4) is 5.75 Å². The summed E-state index contributed by atoms with van der Waals surface area (Å²) < 4.78 is 0. The average Bonchev–Trinajstić information content (AvgIpc) is 2.32. The molecule has 1 nitrogen and oxygen atoms in total. The van der Waals surface area contributed by atoms with Crippen molar-refractivity contribution in [3.63, 3.8) is 0 Å². The summed E-state index contributed by atoms with van der Waals surface area (Å²) in [4.78, 5) is 0. The van der Waals surface area contributed by atoms with Crippen molar-refractivity contribution in [2.45, 2.75) is 52.9 Å². The zero-order valence-corrected chi connectivity index (χ0v) is 11.8. The van der Waals surface area contributed by atoms with E-state index >= 15 is 0 Å². The van der Waals surface area contributed by atoms with Gasteiger partial charge in [-0.1, -0.05) is 53.2 Å². The molecule has 0 radical (unpaired) electrons. The number of hydrogen-bond donors (Lipinski definition) is 1. The van der Waals surface area contributed by atoms with Crippen LogP contribution in [0.3, 0.4) is 0 Å². The summed E-state index contributed by atoms with van der Waals surface area (Å²) in [5.74, 6) is 1.61. The van der Waals surface area contributed by atoms with Gasteiger partial charge < -0.3 is 5.11 Å². The van der Waals surface area contributed by atoms with E-state index in [0.29, 0.717) is 17.6 Å². The quantitative estimate of drug-likeness (QED) is 0.780. The molecule has 2 unspecified atom stereocenters. The van der Waals surface area contributed by atoms with Crippen LogP contribution in [0.1, 0.15) is 53.0 Å². The highest BCUT2D eigenvalue weighted by Gasteiger charge is 2.38. The van der Waals surface area contributed by atoms with Crippen molar-refractivity contribution in [1.29, 1.82) is 0 Å². The van der Waals surface area contributed by atoms with Crippen molar-refractivity contribution >= 4 is 0 Å². The smallest absolute Gasteiger partial charge is 0.115 e. The van der Waals surface area contributed by atoms with E-state index in [4.69, 9.17) is 0 Å². The molecule has 0 aromatic heterocycles. The zero-order chi connectivity index (χ0) is 13.1. The first-order valence-electron chi connectivity index (χ1n) is 6.78. The first-order valence-corrected chi connectivity index (χ1v) is 6.78. The van der Waals surface area contributed by atoms with Gasteiger partial charge in [-0.05, 0) is 41.4 Å². The lowest BCUT2D eigenvalue weighted by atomic mass is 9.62. The number of hydrogen-bond acceptors (Lipinski definition) is 1. The third kappa shape index (κ3) is 2.48. The Morgan fingerprint density at radius 1 is 1.06 bits per heavy atom. The van der Waals surface area contributed by atoms with E-state index in [-0.39, 0.29) is 5.41 Å². The number of phenols is 1. The molecule has 0 aliphatic rings. The van der Waals surface area contributed by atoms with Crippen LogP contribution in [0.4, 0.5) is 0 Å². The van der Waals surface area contributed by atoms with Crippen LogP contribution in [0, 0.1) is 11.8 Å². The van der Waals surface area contributed by atoms with Crippen molar-refractivity contribution in [3.05, 3.63) is 29.8 Å². The maximum Gasteiger partial charge on any atom is 0.115 e. The Morgan fingerprint density at radius 2 is 1.59 bits per heavy atom. The second kappa shape index (κ2) is 5.57. The topological polar surface area (TPSA) is 20.2 Å². The van der Waals surface area contributed by atoms with E-state index in [1.165, 1.54) is 12.0 Å². The van der Waals surface area contributed by atoms with Crippen molar-refractivity contribution in [2.24, 2.45) is 11.8 Å². The fraction of sp³-hybridized carbons (Fsp3) is 0.625. The molecule has 1 rings (SSSR count). The Hall–Kier alpha value is -0.980. The molecule has 0 bridgehead atoms. The molecule has 1 N–H and O–H groups in total. The number of rotatable bonds is 5. The number of aromatic hydroxyl groups is 1. The minimum Gasteiger partial charge on any atom is -0.508 e. The molecule has 0 amide bonds. The Kier molecular flexibility index (Phi) is 4.62. The van der Waals surface area contributed by atoms with Gasteiger partial charge in [-0.15, -0.1) is 0 Å². The average molecular weight is 234 g/mol. The summed E-state index contributed by atoms with van der Waals surface area (Å²) in [7, 11) is 0. The molecular weight excluding hydrogens is 208 g/mol. The van der Waals surface area contributed by atoms with Crippen molar-refractivity contribution in [2.75, 3.05) is 0 Å². The van der Waals surface area contributed by atoms with Gasteiger partial charge in [0, 0.05) is 0 Å². The van der Waals surface area contributed by atoms with Gasteiger partial charge in [0.1, 0.15) is 5.75 Å². The highest BCUT2D eigenvalue weighted by atomic mass is 16.3. The molecule has 0 aliphatic carbocycles. The van der Waals surface area contributed by atoms with Gasteiger partial charge in [0.05, 0.1) is 0 Å². The third-order valence-electron chi connectivity index (χ3n) is 4.51. The molecule has 0 saturated heterocycles. The molecule has 1 heteroatoms. The summed E-state index contributed by atoms with van der Waals surface area (Å²) in [5.41, 5.74) is 1.59. The van der Waals surface area contributed by atoms with Gasteiger partial charge in [-0.25, -0.2) is 0 Å². The normalized spacial score (nSPS) is 16.8. The third-order valence-corrected chi connectivity index (χ3v) is 4.51. The molecule has 2 atom stereocenters. The standard InChI is InChI=1S/C16H26O/c1-6-13(5)16(7-2,12(3)4)14-8-10-15(17)11-9-14/h8-13,17H,6-7H2,1-5H3.